The molecule has 104 heavy (non-hydrogen) atoms. The molecule has 24 nitrogen and oxygen atoms in total. The summed E-state index contributed by atoms with van der Waals surface area (Å²) in [5.74, 6) is 2.55. The molecule has 12 unspecified atom stereocenters. The molecule has 12 atom stereocenters. The number of phenols is 2. The third-order valence-electron chi connectivity index (χ3n) is 19.1. The highest BCUT2D eigenvalue weighted by Gasteiger charge is 2.39. The van der Waals surface area contributed by atoms with E-state index in [1.54, 1.807) is 38.5 Å². The van der Waals surface area contributed by atoms with E-state index in [4.69, 9.17) is 66.3 Å². The Bertz CT molecular complexity index is 3990. The fourth-order valence-electron chi connectivity index (χ4n) is 13.4. The van der Waals surface area contributed by atoms with Gasteiger partial charge in [0.25, 0.3) is 0 Å². The molecule has 0 fully saturated rings. The van der Waals surface area contributed by atoms with E-state index in [2.05, 4.69) is 39.8 Å². The number of aliphatic hydroxyl groups excluding tert-OH is 8. The average molecular weight is 1440 g/mol. The molecule has 2 aliphatic rings. The molecule has 2 aliphatic heterocycles. The fraction of sp³-hybridized carbons (Fsp3) is 0.400. The van der Waals surface area contributed by atoms with E-state index in [9.17, 15) is 51.1 Å². The monoisotopic (exact) mass is 1440 g/mol. The first kappa shape index (κ1) is 76.9. The lowest BCUT2D eigenvalue weighted by Gasteiger charge is -2.27. The Morgan fingerprint density at radius 2 is 0.625 bits per heavy atom. The number of hydrogen-bond donors (Lipinski definition) is 10. The summed E-state index contributed by atoms with van der Waals surface area (Å²) in [5.41, 5.74) is 6.24. The van der Waals surface area contributed by atoms with Crippen LogP contribution in [0.5, 0.6) is 92.0 Å². The number of aromatic hydroxyl groups is 2. The van der Waals surface area contributed by atoms with Crippen LogP contribution in [-0.2, 0) is 12.8 Å². The molecule has 24 heteroatoms. The van der Waals surface area contributed by atoms with Gasteiger partial charge in [0, 0.05) is 34.1 Å². The standard InChI is InChI=1S/C80H94O24/c1-13-15-43-25-51-41(3)77(103-79(51)65(27-43)97-11)47-19-23-57(61(33-47)93-7)99-67(37-81)71(85)45-17-21-55(59(31-45)91-5)101-69(39-83)73(87)49-29-53(75(89)63(35-49)95-9)54-30-50(36-64(96-10)76(54)90)74(88)70(40-84)102-56-22-18-46(32-60(56)92-6)72(86)68(38-82)100-58-24-20-48(34-62(58)94-8)78-42(4)52-26-44(16-14-2)28-66(98-12)80(52)104-78/h17-36,41-42,67-74,77-78,81-90H,13-16,37-40H2,1-12H3. The zero-order valence-electron chi connectivity index (χ0n) is 60.3. The molecular weight excluding hydrogens is 1340 g/mol. The Balaban J connectivity index is 0.825. The number of fused-ring (bicyclic) bond motifs is 2. The van der Waals surface area contributed by atoms with Crippen LogP contribution in [0.15, 0.2) is 121 Å². The summed E-state index contributed by atoms with van der Waals surface area (Å²) >= 11 is 0. The third-order valence-corrected chi connectivity index (χ3v) is 19.1. The lowest BCUT2D eigenvalue weighted by atomic mass is 9.91. The van der Waals surface area contributed by atoms with E-state index in [0.717, 1.165) is 59.1 Å². The Morgan fingerprint density at radius 1 is 0.337 bits per heavy atom. The average Bonchev–Trinajstić information content (AvgIpc) is 1.63. The fourth-order valence-corrected chi connectivity index (χ4v) is 13.4. The lowest BCUT2D eigenvalue weighted by molar-refractivity contribution is -0.00271. The van der Waals surface area contributed by atoms with E-state index in [1.807, 2.05) is 24.3 Å². The van der Waals surface area contributed by atoms with Gasteiger partial charge >= 0.3 is 0 Å². The minimum atomic E-state index is -1.70. The van der Waals surface area contributed by atoms with Crippen LogP contribution in [0.4, 0.5) is 0 Å². The number of hydrogen-bond acceptors (Lipinski definition) is 24. The van der Waals surface area contributed by atoms with Crippen molar-refractivity contribution in [3.8, 4) is 103 Å². The molecule has 0 aliphatic carbocycles. The largest absolute Gasteiger partial charge is 0.504 e. The van der Waals surface area contributed by atoms with E-state index in [0.29, 0.717) is 34.5 Å². The zero-order chi connectivity index (χ0) is 74.8. The van der Waals surface area contributed by atoms with E-state index in [-0.39, 0.29) is 103 Å². The number of aryl methyl sites for hydroxylation is 2. The van der Waals surface area contributed by atoms with Gasteiger partial charge in [-0.15, -0.1) is 0 Å². The van der Waals surface area contributed by atoms with Crippen molar-refractivity contribution in [1.82, 2.24) is 0 Å². The maximum Gasteiger partial charge on any atom is 0.165 e. The van der Waals surface area contributed by atoms with Crippen molar-refractivity contribution < 1.29 is 117 Å². The lowest BCUT2D eigenvalue weighted by Crippen LogP contribution is -2.30. The van der Waals surface area contributed by atoms with Crippen LogP contribution in [0.25, 0.3) is 11.1 Å². The Kier molecular flexibility index (Phi) is 25.3. The smallest absolute Gasteiger partial charge is 0.165 e. The molecule has 0 amide bonds. The van der Waals surface area contributed by atoms with Crippen molar-refractivity contribution in [3.05, 3.63) is 177 Å². The number of aliphatic hydroxyl groups is 8. The van der Waals surface area contributed by atoms with Gasteiger partial charge in [-0.3, -0.25) is 0 Å². The summed E-state index contributed by atoms with van der Waals surface area (Å²) in [6.45, 7) is 5.61. The summed E-state index contributed by atoms with van der Waals surface area (Å²) in [4.78, 5) is 0. The van der Waals surface area contributed by atoms with E-state index in [1.165, 1.54) is 103 Å². The molecule has 8 aromatic rings. The number of methoxy groups -OCH3 is 8. The van der Waals surface area contributed by atoms with Crippen molar-refractivity contribution >= 4 is 0 Å². The summed E-state index contributed by atoms with van der Waals surface area (Å²) in [6.07, 6.45) is -8.63. The first-order valence-electron chi connectivity index (χ1n) is 34.3. The SMILES string of the molecule is CCCc1cc(OC)c2c(c1)C(C)C(c1ccc(OC(CO)C(O)c3ccc(OC(CO)C(O)c4cc(OC)c(O)c(-c5cc(C(O)C(CO)Oc6ccc(C(O)C(CO)Oc7ccc(C8Oc9c(OC)cc(CCC)cc9C8C)cc7OC)cc6OC)cc(OC)c5O)c4)c(OC)c3)c(OC)c1)O2. The summed E-state index contributed by atoms with van der Waals surface area (Å²) in [6, 6.07) is 33.0. The van der Waals surface area contributed by atoms with Gasteiger partial charge in [0.15, 0.2) is 116 Å². The van der Waals surface area contributed by atoms with Crippen LogP contribution in [0.1, 0.15) is 145 Å². The maximum atomic E-state index is 12.1. The van der Waals surface area contributed by atoms with Gasteiger partial charge in [-0.05, 0) is 142 Å². The first-order valence-corrected chi connectivity index (χ1v) is 34.3. The third kappa shape index (κ3) is 15.8. The Morgan fingerprint density at radius 3 is 0.923 bits per heavy atom. The molecular formula is C80H94O24. The zero-order valence-corrected chi connectivity index (χ0v) is 60.3. The molecule has 0 saturated heterocycles. The molecule has 10 N–H and O–H groups in total. The molecule has 558 valence electrons. The van der Waals surface area contributed by atoms with Crippen molar-refractivity contribution in [1.29, 1.82) is 0 Å². The number of rotatable bonds is 35. The molecule has 0 aromatic heterocycles. The molecule has 2 heterocycles. The molecule has 10 rings (SSSR count). The van der Waals surface area contributed by atoms with Crippen LogP contribution in [0.2, 0.25) is 0 Å². The second-order valence-corrected chi connectivity index (χ2v) is 25.6. The topological polar surface area (TPSA) is 332 Å². The normalized spacial score (nSPS) is 17.5. The van der Waals surface area contributed by atoms with E-state index >= 15 is 0 Å². The van der Waals surface area contributed by atoms with Crippen molar-refractivity contribution in [3.63, 3.8) is 0 Å². The summed E-state index contributed by atoms with van der Waals surface area (Å²) in [5, 5.41) is 114. The second kappa shape index (κ2) is 34.2. The number of phenolic OH excluding ortho intramolecular Hbond substituents is 2. The van der Waals surface area contributed by atoms with Gasteiger partial charge in [-0.2, -0.15) is 0 Å². The molecule has 8 aromatic carbocycles. The van der Waals surface area contributed by atoms with Gasteiger partial charge in [-0.1, -0.05) is 76.9 Å². The summed E-state index contributed by atoms with van der Waals surface area (Å²) < 4.78 is 83.4. The van der Waals surface area contributed by atoms with Crippen LogP contribution < -0.4 is 66.3 Å². The van der Waals surface area contributed by atoms with Gasteiger partial charge in [0.1, 0.15) is 36.6 Å². The van der Waals surface area contributed by atoms with Gasteiger partial charge < -0.3 is 117 Å². The second-order valence-electron chi connectivity index (χ2n) is 25.6. The number of benzene rings is 8. The molecule has 0 bridgehead atoms. The molecule has 0 radical (unpaired) electrons. The highest BCUT2D eigenvalue weighted by atomic mass is 16.6. The predicted octanol–water partition coefficient (Wildman–Crippen LogP) is 11.1. The van der Waals surface area contributed by atoms with Crippen molar-refractivity contribution in [2.75, 3.05) is 83.3 Å². The van der Waals surface area contributed by atoms with Gasteiger partial charge in [0.2, 0.25) is 0 Å². The first-order chi connectivity index (χ1) is 50.2. The van der Waals surface area contributed by atoms with Crippen molar-refractivity contribution in [2.45, 2.75) is 126 Å². The quantitative estimate of drug-likeness (QED) is 0.0176. The Labute approximate surface area is 604 Å². The minimum Gasteiger partial charge on any atom is -0.504 e. The van der Waals surface area contributed by atoms with Crippen LogP contribution in [0.3, 0.4) is 0 Å². The highest BCUT2D eigenvalue weighted by Crippen LogP contribution is 2.55. The number of ether oxygens (including phenoxy) is 14. The summed E-state index contributed by atoms with van der Waals surface area (Å²) in [7, 11) is 11.4. The molecule has 0 spiro atoms. The molecule has 0 saturated carbocycles. The van der Waals surface area contributed by atoms with E-state index < -0.39 is 86.8 Å². The maximum absolute atomic E-state index is 12.1. The highest BCUT2D eigenvalue weighted by molar-refractivity contribution is 5.81. The minimum absolute atomic E-state index is 0.00811. The van der Waals surface area contributed by atoms with Crippen molar-refractivity contribution in [2.24, 2.45) is 0 Å². The Hall–Kier alpha value is -9.76. The van der Waals surface area contributed by atoms with Crippen LogP contribution in [-0.4, -0.2) is 159 Å². The predicted molar refractivity (Wildman–Crippen MR) is 384 cm³/mol. The van der Waals surface area contributed by atoms with Crippen LogP contribution in [0, 0.1) is 0 Å². The van der Waals surface area contributed by atoms with Gasteiger partial charge in [0.05, 0.1) is 83.3 Å². The van der Waals surface area contributed by atoms with Crippen LogP contribution >= 0.6 is 0 Å². The van der Waals surface area contributed by atoms with Gasteiger partial charge in [-0.25, -0.2) is 0 Å².